The fraction of sp³-hybridized carbons (Fsp3) is 0.227. The van der Waals surface area contributed by atoms with Crippen LogP contribution in [0.15, 0.2) is 71.6 Å². The third kappa shape index (κ3) is 5.63. The number of nitrogens with one attached hydrogen (secondary N) is 2. The van der Waals surface area contributed by atoms with E-state index in [1.165, 1.54) is 22.9 Å². The molecule has 6 nitrogen and oxygen atoms in total. The van der Waals surface area contributed by atoms with Gasteiger partial charge in [0, 0.05) is 12.6 Å². The Kier molecular flexibility index (Phi) is 6.64. The van der Waals surface area contributed by atoms with Gasteiger partial charge in [0.1, 0.15) is 0 Å². The molecule has 0 heterocycles. The van der Waals surface area contributed by atoms with Crippen molar-refractivity contribution >= 4 is 26.7 Å². The molecule has 0 aliphatic carbocycles. The molecule has 1 atom stereocenters. The van der Waals surface area contributed by atoms with Crippen LogP contribution in [-0.2, 0) is 21.2 Å². The number of benzene rings is 3. The van der Waals surface area contributed by atoms with Gasteiger partial charge in [0.15, 0.2) is 0 Å². The van der Waals surface area contributed by atoms with Crippen LogP contribution < -0.4 is 15.8 Å². The average molecular weight is 412 g/mol. The first-order valence-corrected chi connectivity index (χ1v) is 11.0. The molecule has 0 aromatic heterocycles. The number of primary sulfonamides is 1. The summed E-state index contributed by atoms with van der Waals surface area (Å²) in [6, 6.07) is 20.8. The number of hydrogen-bond donors (Lipinski definition) is 3. The molecule has 152 valence electrons. The highest BCUT2D eigenvalue weighted by Crippen LogP contribution is 2.23. The van der Waals surface area contributed by atoms with Gasteiger partial charge >= 0.3 is 0 Å². The summed E-state index contributed by atoms with van der Waals surface area (Å²) in [7, 11) is -3.68. The Balaban J connectivity index is 1.47. The van der Waals surface area contributed by atoms with Crippen LogP contribution >= 0.6 is 0 Å². The lowest BCUT2D eigenvalue weighted by Crippen LogP contribution is -2.36. The summed E-state index contributed by atoms with van der Waals surface area (Å²) in [5.41, 5.74) is 2.08. The summed E-state index contributed by atoms with van der Waals surface area (Å²) in [6.45, 7) is 2.73. The van der Waals surface area contributed by atoms with Crippen molar-refractivity contribution in [1.29, 1.82) is 0 Å². The Morgan fingerprint density at radius 1 is 1.00 bits per heavy atom. The zero-order valence-corrected chi connectivity index (χ0v) is 17.1. The Hall–Kier alpha value is -2.74. The summed E-state index contributed by atoms with van der Waals surface area (Å²) in [4.78, 5) is 12.2. The molecule has 0 radical (unpaired) electrons. The lowest BCUT2D eigenvalue weighted by molar-refractivity contribution is -0.120. The molecule has 1 amide bonds. The van der Waals surface area contributed by atoms with Crippen molar-refractivity contribution in [1.82, 2.24) is 10.6 Å². The van der Waals surface area contributed by atoms with Crippen LogP contribution in [0.3, 0.4) is 0 Å². The number of fused-ring (bicyclic) bond motifs is 1. The van der Waals surface area contributed by atoms with E-state index in [9.17, 15) is 13.2 Å². The first-order valence-electron chi connectivity index (χ1n) is 9.44. The van der Waals surface area contributed by atoms with Gasteiger partial charge in [-0.15, -0.1) is 0 Å². The van der Waals surface area contributed by atoms with Gasteiger partial charge in [0.25, 0.3) is 0 Å². The van der Waals surface area contributed by atoms with Crippen molar-refractivity contribution < 1.29 is 13.2 Å². The predicted octanol–water partition coefficient (Wildman–Crippen LogP) is 2.50. The maximum atomic E-state index is 12.1. The summed E-state index contributed by atoms with van der Waals surface area (Å²) in [5, 5.41) is 13.6. The topological polar surface area (TPSA) is 101 Å². The molecule has 0 saturated heterocycles. The van der Waals surface area contributed by atoms with E-state index < -0.39 is 10.0 Å². The van der Waals surface area contributed by atoms with Gasteiger partial charge in [0.2, 0.25) is 15.9 Å². The van der Waals surface area contributed by atoms with Gasteiger partial charge in [-0.3, -0.25) is 4.79 Å². The van der Waals surface area contributed by atoms with Crippen molar-refractivity contribution in [2.24, 2.45) is 5.14 Å². The quantitative estimate of drug-likeness (QED) is 0.530. The molecule has 0 aliphatic heterocycles. The van der Waals surface area contributed by atoms with E-state index in [1.807, 2.05) is 25.1 Å². The fourth-order valence-corrected chi connectivity index (χ4v) is 3.75. The average Bonchev–Trinajstić information content (AvgIpc) is 2.71. The first-order chi connectivity index (χ1) is 13.8. The lowest BCUT2D eigenvalue weighted by Gasteiger charge is -2.16. The zero-order chi connectivity index (χ0) is 20.9. The van der Waals surface area contributed by atoms with Gasteiger partial charge in [-0.25, -0.2) is 13.6 Å². The highest BCUT2D eigenvalue weighted by molar-refractivity contribution is 7.89. The molecular formula is C22H25N3O3S. The van der Waals surface area contributed by atoms with Gasteiger partial charge < -0.3 is 10.6 Å². The first kappa shape index (κ1) is 21.0. The maximum Gasteiger partial charge on any atom is 0.238 e. The van der Waals surface area contributed by atoms with Gasteiger partial charge in [0.05, 0.1) is 11.4 Å². The van der Waals surface area contributed by atoms with Crippen LogP contribution in [0.5, 0.6) is 0 Å². The lowest BCUT2D eigenvalue weighted by atomic mass is 10.00. The van der Waals surface area contributed by atoms with Crippen LogP contribution in [0.25, 0.3) is 10.8 Å². The fourth-order valence-electron chi connectivity index (χ4n) is 3.24. The number of hydrogen-bond acceptors (Lipinski definition) is 4. The molecule has 0 saturated carbocycles. The van der Waals surface area contributed by atoms with Gasteiger partial charge in [-0.2, -0.15) is 0 Å². The van der Waals surface area contributed by atoms with E-state index in [-0.39, 0.29) is 23.4 Å². The third-order valence-corrected chi connectivity index (χ3v) is 5.78. The van der Waals surface area contributed by atoms with E-state index in [0.717, 1.165) is 11.1 Å². The molecule has 3 aromatic carbocycles. The summed E-state index contributed by atoms with van der Waals surface area (Å²) >= 11 is 0. The minimum Gasteiger partial charge on any atom is -0.355 e. The molecule has 7 heteroatoms. The maximum absolute atomic E-state index is 12.1. The summed E-state index contributed by atoms with van der Waals surface area (Å²) in [6.07, 6.45) is 0.607. The van der Waals surface area contributed by atoms with E-state index >= 15 is 0 Å². The SMILES string of the molecule is C[C@@H](NCC(=O)NCCc1ccc(S(N)(=O)=O)cc1)c1cccc2ccccc12. The number of sulfonamides is 1. The van der Waals surface area contributed by atoms with Crippen LogP contribution in [0.2, 0.25) is 0 Å². The number of carbonyl (C=O) groups is 1. The van der Waals surface area contributed by atoms with Gasteiger partial charge in [-0.1, -0.05) is 54.6 Å². The second kappa shape index (κ2) is 9.17. The Labute approximate surface area is 171 Å². The standard InChI is InChI=1S/C22H25N3O3S/c1-16(20-8-4-6-18-5-2-3-7-21(18)20)25-15-22(26)24-14-13-17-9-11-19(12-10-17)29(23,27)28/h2-12,16,25H,13-15H2,1H3,(H,24,26)(H2,23,27,28)/t16-/m1/s1. The number of carbonyl (C=O) groups excluding carboxylic acids is 1. The second-order valence-corrected chi connectivity index (χ2v) is 8.52. The highest BCUT2D eigenvalue weighted by atomic mass is 32.2. The van der Waals surface area contributed by atoms with Crippen LogP contribution in [0.4, 0.5) is 0 Å². The molecule has 0 fully saturated rings. The highest BCUT2D eigenvalue weighted by Gasteiger charge is 2.11. The minimum atomic E-state index is -3.68. The minimum absolute atomic E-state index is 0.0395. The molecule has 0 aliphatic rings. The van der Waals surface area contributed by atoms with Gasteiger partial charge in [-0.05, 0) is 47.4 Å². The van der Waals surface area contributed by atoms with E-state index in [0.29, 0.717) is 13.0 Å². The second-order valence-electron chi connectivity index (χ2n) is 6.96. The largest absolute Gasteiger partial charge is 0.355 e. The number of rotatable bonds is 8. The molecule has 4 N–H and O–H groups in total. The van der Waals surface area contributed by atoms with E-state index in [4.69, 9.17) is 5.14 Å². The smallest absolute Gasteiger partial charge is 0.238 e. The van der Waals surface area contributed by atoms with E-state index in [2.05, 4.69) is 34.9 Å². The summed E-state index contributed by atoms with van der Waals surface area (Å²) in [5.74, 6) is -0.0850. The van der Waals surface area contributed by atoms with Crippen LogP contribution in [-0.4, -0.2) is 27.4 Å². The van der Waals surface area contributed by atoms with E-state index in [1.54, 1.807) is 12.1 Å². The van der Waals surface area contributed by atoms with Crippen molar-refractivity contribution in [2.75, 3.05) is 13.1 Å². The van der Waals surface area contributed by atoms with Crippen molar-refractivity contribution in [3.8, 4) is 0 Å². The predicted molar refractivity (Wildman–Crippen MR) is 115 cm³/mol. The molecular weight excluding hydrogens is 386 g/mol. The third-order valence-electron chi connectivity index (χ3n) is 4.85. The Bertz CT molecular complexity index is 1090. The molecule has 3 rings (SSSR count). The molecule has 29 heavy (non-hydrogen) atoms. The molecule has 3 aromatic rings. The normalized spacial score (nSPS) is 12.6. The summed E-state index contributed by atoms with van der Waals surface area (Å²) < 4.78 is 22.5. The molecule has 0 spiro atoms. The van der Waals surface area contributed by atoms with Crippen LogP contribution in [0.1, 0.15) is 24.1 Å². The van der Waals surface area contributed by atoms with Crippen molar-refractivity contribution in [2.45, 2.75) is 24.3 Å². The monoisotopic (exact) mass is 411 g/mol. The number of nitrogens with two attached hydrogens (primary N) is 1. The number of amides is 1. The Morgan fingerprint density at radius 2 is 1.69 bits per heavy atom. The molecule has 0 bridgehead atoms. The molecule has 0 unspecified atom stereocenters. The zero-order valence-electron chi connectivity index (χ0n) is 16.3. The van der Waals surface area contributed by atoms with Crippen molar-refractivity contribution in [3.63, 3.8) is 0 Å². The van der Waals surface area contributed by atoms with Crippen LogP contribution in [0, 0.1) is 0 Å². The van der Waals surface area contributed by atoms with Crippen molar-refractivity contribution in [3.05, 3.63) is 77.9 Å². The Morgan fingerprint density at radius 3 is 2.41 bits per heavy atom.